The number of nitrogens with zero attached hydrogens (tertiary/aromatic N) is 2. The van der Waals surface area contributed by atoms with Gasteiger partial charge in [-0.3, -0.25) is 0 Å². The minimum atomic E-state index is -0.258. The lowest BCUT2D eigenvalue weighted by Gasteiger charge is -2.21. The molecule has 2 N–H and O–H groups in total. The number of nitrogens with one attached hydrogen (secondary N) is 1. The number of methoxy groups -OCH3 is 1. The van der Waals surface area contributed by atoms with E-state index in [0.29, 0.717) is 19.2 Å². The number of rotatable bonds is 6. The number of benzene rings is 1. The highest BCUT2D eigenvalue weighted by atomic mass is 127. The van der Waals surface area contributed by atoms with Gasteiger partial charge in [-0.15, -0.1) is 24.0 Å². The van der Waals surface area contributed by atoms with Crippen LogP contribution in [0.25, 0.3) is 0 Å². The third-order valence-corrected chi connectivity index (χ3v) is 5.03. The Morgan fingerprint density at radius 2 is 2.04 bits per heavy atom. The largest absolute Gasteiger partial charge is 0.493 e. The highest BCUT2D eigenvalue weighted by molar-refractivity contribution is 14.0. The number of ether oxygens (including phenoxy) is 2. The molecule has 2 aliphatic rings. The number of hydrogen-bond donors (Lipinski definition) is 2. The van der Waals surface area contributed by atoms with Gasteiger partial charge in [-0.1, -0.05) is 6.07 Å². The van der Waals surface area contributed by atoms with Crippen molar-refractivity contribution < 1.29 is 14.6 Å². The first-order valence-electron chi connectivity index (χ1n) is 9.74. The molecule has 1 atom stereocenters. The third-order valence-electron chi connectivity index (χ3n) is 5.03. The van der Waals surface area contributed by atoms with Crippen molar-refractivity contribution in [1.82, 2.24) is 10.2 Å². The number of halogens is 1. The van der Waals surface area contributed by atoms with Gasteiger partial charge in [-0.25, -0.2) is 4.99 Å². The molecule has 0 aromatic heterocycles. The Kier molecular flexibility index (Phi) is 8.95. The highest BCUT2D eigenvalue weighted by Gasteiger charge is 2.23. The molecule has 1 aromatic carbocycles. The number of likely N-dealkylation sites (tertiary alicyclic amines) is 1. The maximum absolute atomic E-state index is 9.76. The van der Waals surface area contributed by atoms with Gasteiger partial charge in [0, 0.05) is 19.6 Å². The van der Waals surface area contributed by atoms with Crippen LogP contribution in [0.5, 0.6) is 11.5 Å². The van der Waals surface area contributed by atoms with Crippen LogP contribution in [0.1, 0.15) is 44.6 Å². The predicted molar refractivity (Wildman–Crippen MR) is 118 cm³/mol. The Hall–Kier alpha value is -1.22. The normalized spacial score (nSPS) is 20.5. The maximum atomic E-state index is 9.76. The molecule has 0 spiro atoms. The fourth-order valence-electron chi connectivity index (χ4n) is 3.62. The average molecular weight is 489 g/mol. The Labute approximate surface area is 179 Å². The van der Waals surface area contributed by atoms with E-state index in [1.165, 1.54) is 12.8 Å². The lowest BCUT2D eigenvalue weighted by molar-refractivity contribution is 0.187. The summed E-state index contributed by atoms with van der Waals surface area (Å²) in [5.74, 6) is 2.45. The zero-order valence-corrected chi connectivity index (χ0v) is 18.6. The number of aliphatic hydroxyl groups excluding tert-OH is 1. The molecule has 0 bridgehead atoms. The summed E-state index contributed by atoms with van der Waals surface area (Å²) in [6, 6.07) is 6.06. The van der Waals surface area contributed by atoms with Gasteiger partial charge in [0.15, 0.2) is 17.5 Å². The van der Waals surface area contributed by atoms with Crippen LogP contribution in [0.15, 0.2) is 23.2 Å². The van der Waals surface area contributed by atoms with Gasteiger partial charge >= 0.3 is 0 Å². The molecule has 1 saturated carbocycles. The number of aliphatic hydroxyl groups is 1. The summed E-state index contributed by atoms with van der Waals surface area (Å²) in [6.07, 6.45) is 5.61. The first-order valence-corrected chi connectivity index (χ1v) is 9.74. The van der Waals surface area contributed by atoms with Gasteiger partial charge in [-0.05, 0) is 56.7 Å². The van der Waals surface area contributed by atoms with E-state index < -0.39 is 0 Å². The molecular formula is C20H32IN3O3. The number of aliphatic imine (C=N–C) groups is 1. The summed E-state index contributed by atoms with van der Waals surface area (Å²) in [6.45, 7) is 4.91. The van der Waals surface area contributed by atoms with E-state index in [1.54, 1.807) is 7.11 Å². The van der Waals surface area contributed by atoms with Crippen molar-refractivity contribution in [3.8, 4) is 11.5 Å². The molecule has 6 nitrogen and oxygen atoms in total. The Bertz CT molecular complexity index is 620. The summed E-state index contributed by atoms with van der Waals surface area (Å²) >= 11 is 0. The molecule has 0 amide bonds. The van der Waals surface area contributed by atoms with Crippen LogP contribution in [-0.2, 0) is 6.54 Å². The molecule has 1 saturated heterocycles. The van der Waals surface area contributed by atoms with Crippen LogP contribution in [0, 0.1) is 0 Å². The molecule has 1 heterocycles. The molecule has 27 heavy (non-hydrogen) atoms. The second-order valence-corrected chi connectivity index (χ2v) is 7.07. The van der Waals surface area contributed by atoms with Crippen LogP contribution >= 0.6 is 24.0 Å². The van der Waals surface area contributed by atoms with Crippen molar-refractivity contribution in [2.75, 3.05) is 26.7 Å². The van der Waals surface area contributed by atoms with Gasteiger partial charge in [-0.2, -0.15) is 0 Å². The van der Waals surface area contributed by atoms with Gasteiger partial charge in [0.2, 0.25) is 0 Å². The number of hydrogen-bond acceptors (Lipinski definition) is 4. The second-order valence-electron chi connectivity index (χ2n) is 7.07. The summed E-state index contributed by atoms with van der Waals surface area (Å²) in [4.78, 5) is 6.85. The second kappa shape index (κ2) is 10.9. The minimum absolute atomic E-state index is 0. The van der Waals surface area contributed by atoms with Crippen molar-refractivity contribution in [1.29, 1.82) is 0 Å². The van der Waals surface area contributed by atoms with E-state index in [2.05, 4.69) is 23.2 Å². The molecule has 3 rings (SSSR count). The fourth-order valence-corrected chi connectivity index (χ4v) is 3.62. The summed E-state index contributed by atoms with van der Waals surface area (Å²) in [5.41, 5.74) is 1.08. The minimum Gasteiger partial charge on any atom is -0.493 e. The zero-order valence-electron chi connectivity index (χ0n) is 16.3. The van der Waals surface area contributed by atoms with E-state index >= 15 is 0 Å². The van der Waals surface area contributed by atoms with Crippen molar-refractivity contribution >= 4 is 29.9 Å². The van der Waals surface area contributed by atoms with Gasteiger partial charge in [0.1, 0.15) is 0 Å². The SMILES string of the molecule is CCNC(=NCc1ccc(OC2CCCC2)c(OC)c1)N1CC[C@@H](O)C1.I. The summed E-state index contributed by atoms with van der Waals surface area (Å²) in [7, 11) is 1.68. The van der Waals surface area contributed by atoms with E-state index in [0.717, 1.165) is 55.4 Å². The summed E-state index contributed by atoms with van der Waals surface area (Å²) in [5, 5.41) is 13.1. The van der Waals surface area contributed by atoms with Crippen molar-refractivity contribution in [2.45, 2.75) is 57.8 Å². The Morgan fingerprint density at radius 1 is 1.26 bits per heavy atom. The fraction of sp³-hybridized carbons (Fsp3) is 0.650. The molecule has 1 aliphatic heterocycles. The highest BCUT2D eigenvalue weighted by Crippen LogP contribution is 2.32. The first kappa shape index (κ1) is 22.1. The standard InChI is InChI=1S/C20H31N3O3.HI/c1-3-21-20(23-11-10-16(24)14-23)22-13-15-8-9-18(19(12-15)25-2)26-17-6-4-5-7-17;/h8-9,12,16-17,24H,3-7,10-11,13-14H2,1-2H3,(H,21,22);1H/t16-;/m1./s1. The van der Waals surface area contributed by atoms with Crippen molar-refractivity contribution in [2.24, 2.45) is 4.99 Å². The monoisotopic (exact) mass is 489 g/mol. The van der Waals surface area contributed by atoms with E-state index in [4.69, 9.17) is 14.5 Å². The first-order chi connectivity index (χ1) is 12.7. The molecule has 7 heteroatoms. The number of guanidine groups is 1. The molecule has 2 fully saturated rings. The smallest absolute Gasteiger partial charge is 0.194 e. The van der Waals surface area contributed by atoms with Gasteiger partial charge in [0.25, 0.3) is 0 Å². The average Bonchev–Trinajstić information content (AvgIpc) is 3.31. The number of β-amino-alcohol motifs (C(OH)–C–C–N with tert-alkyl or cyclic N) is 1. The maximum Gasteiger partial charge on any atom is 0.194 e. The third kappa shape index (κ3) is 6.14. The van der Waals surface area contributed by atoms with Crippen LogP contribution in [0.4, 0.5) is 0 Å². The molecule has 152 valence electrons. The van der Waals surface area contributed by atoms with Crippen molar-refractivity contribution in [3.63, 3.8) is 0 Å². The van der Waals surface area contributed by atoms with Crippen LogP contribution in [0.2, 0.25) is 0 Å². The molecule has 1 aromatic rings. The molecular weight excluding hydrogens is 457 g/mol. The van der Waals surface area contributed by atoms with E-state index in [1.807, 2.05) is 12.1 Å². The molecule has 1 aliphatic carbocycles. The Morgan fingerprint density at radius 3 is 2.67 bits per heavy atom. The van der Waals surface area contributed by atoms with Gasteiger partial charge in [0.05, 0.1) is 25.9 Å². The molecule has 0 radical (unpaired) electrons. The predicted octanol–water partition coefficient (Wildman–Crippen LogP) is 3.17. The van der Waals surface area contributed by atoms with Crippen LogP contribution < -0.4 is 14.8 Å². The van der Waals surface area contributed by atoms with Gasteiger partial charge < -0.3 is 24.8 Å². The van der Waals surface area contributed by atoms with Crippen LogP contribution in [0.3, 0.4) is 0 Å². The van der Waals surface area contributed by atoms with Crippen LogP contribution in [-0.4, -0.2) is 54.9 Å². The van der Waals surface area contributed by atoms with E-state index in [-0.39, 0.29) is 30.1 Å². The van der Waals surface area contributed by atoms with E-state index in [9.17, 15) is 5.11 Å². The summed E-state index contributed by atoms with van der Waals surface area (Å²) < 4.78 is 11.6. The lowest BCUT2D eigenvalue weighted by atomic mass is 10.2. The van der Waals surface area contributed by atoms with Crippen molar-refractivity contribution in [3.05, 3.63) is 23.8 Å². The zero-order chi connectivity index (χ0) is 18.4. The Balaban J connectivity index is 0.00000261. The molecule has 0 unspecified atom stereocenters. The quantitative estimate of drug-likeness (QED) is 0.365. The lowest BCUT2D eigenvalue weighted by Crippen LogP contribution is -2.40. The topological polar surface area (TPSA) is 66.3 Å².